The Kier molecular flexibility index (Phi) is 5.59. The van der Waals surface area contributed by atoms with E-state index in [4.69, 9.17) is 5.11 Å². The molecule has 0 radical (unpaired) electrons. The van der Waals surface area contributed by atoms with Crippen molar-refractivity contribution in [1.82, 2.24) is 9.47 Å². The van der Waals surface area contributed by atoms with Gasteiger partial charge < -0.3 is 24.2 Å². The second-order valence-electron chi connectivity index (χ2n) is 8.60. The average molecular weight is 456 g/mol. The van der Waals surface area contributed by atoms with Crippen LogP contribution in [0.5, 0.6) is 5.75 Å². The lowest BCUT2D eigenvalue weighted by Crippen LogP contribution is -2.42. The predicted octanol–water partition coefficient (Wildman–Crippen LogP) is 3.62. The molecule has 3 aliphatic rings. The van der Waals surface area contributed by atoms with E-state index in [2.05, 4.69) is 9.64 Å². The molecule has 3 heterocycles. The van der Waals surface area contributed by atoms with Crippen LogP contribution >= 0.6 is 12.4 Å². The first-order chi connectivity index (χ1) is 14.3. The molecule has 1 aliphatic carbocycles. The normalized spacial score (nSPS) is 23.5. The van der Waals surface area contributed by atoms with Crippen molar-refractivity contribution in [3.05, 3.63) is 34.1 Å². The lowest BCUT2D eigenvalue weighted by molar-refractivity contribution is 0.143. The number of halogens is 3. The van der Waals surface area contributed by atoms with Gasteiger partial charge in [0, 0.05) is 25.2 Å². The van der Waals surface area contributed by atoms with Crippen molar-refractivity contribution < 1.29 is 23.4 Å². The Balaban J connectivity index is 0.00000231. The molecular formula is C21H24ClF2N3O4. The third-order valence-corrected chi connectivity index (χ3v) is 6.66. The molecule has 2 aliphatic heterocycles. The van der Waals surface area contributed by atoms with Gasteiger partial charge in [-0.2, -0.15) is 0 Å². The number of hydrogen-bond donors (Lipinski definition) is 1. The van der Waals surface area contributed by atoms with E-state index < -0.39 is 29.0 Å². The van der Waals surface area contributed by atoms with Crippen LogP contribution in [0.4, 0.5) is 19.3 Å². The minimum Gasteiger partial charge on any atom is -0.449 e. The number of likely N-dealkylation sites (tertiary alicyclic amines) is 1. The Hall–Kier alpha value is -2.39. The summed E-state index contributed by atoms with van der Waals surface area (Å²) in [6, 6.07) is 1.21. The predicted molar refractivity (Wildman–Crippen MR) is 114 cm³/mol. The van der Waals surface area contributed by atoms with Gasteiger partial charge in [0.2, 0.25) is 5.43 Å². The molecule has 7 nitrogen and oxygen atoms in total. The van der Waals surface area contributed by atoms with E-state index in [0.717, 1.165) is 38.3 Å². The zero-order valence-electron chi connectivity index (χ0n) is 17.0. The summed E-state index contributed by atoms with van der Waals surface area (Å²) in [5, 5.41) is 8.70. The molecule has 3 fully saturated rings. The van der Waals surface area contributed by atoms with Crippen molar-refractivity contribution in [2.45, 2.75) is 37.8 Å². The average Bonchev–Trinajstić information content (AvgIpc) is 3.43. The van der Waals surface area contributed by atoms with Gasteiger partial charge in [-0.3, -0.25) is 4.79 Å². The Labute approximate surface area is 183 Å². The molecule has 2 atom stereocenters. The lowest BCUT2D eigenvalue weighted by Gasteiger charge is -2.33. The van der Waals surface area contributed by atoms with Gasteiger partial charge in [-0.1, -0.05) is 0 Å². The molecule has 1 N–H and O–H groups in total. The zero-order valence-corrected chi connectivity index (χ0v) is 17.8. The molecule has 0 spiro atoms. The molecule has 0 amide bonds. The number of carboxylic acid groups (broad SMARTS) is 1. The summed E-state index contributed by atoms with van der Waals surface area (Å²) in [7, 11) is 2.04. The lowest BCUT2D eigenvalue weighted by atomic mass is 9.93. The van der Waals surface area contributed by atoms with Crippen LogP contribution in [0.3, 0.4) is 0 Å². The van der Waals surface area contributed by atoms with Crippen molar-refractivity contribution in [2.75, 3.05) is 31.6 Å². The highest BCUT2D eigenvalue weighted by molar-refractivity contribution is 5.86. The largest absolute Gasteiger partial charge is 0.511 e. The van der Waals surface area contributed by atoms with E-state index >= 15 is 8.78 Å². The fourth-order valence-corrected chi connectivity index (χ4v) is 5.09. The van der Waals surface area contributed by atoms with Gasteiger partial charge in [0.15, 0.2) is 11.6 Å². The Morgan fingerprint density at radius 3 is 2.61 bits per heavy atom. The number of piperidine rings is 1. The first kappa shape index (κ1) is 21.8. The van der Waals surface area contributed by atoms with E-state index in [1.165, 1.54) is 10.8 Å². The van der Waals surface area contributed by atoms with Crippen LogP contribution in [-0.2, 0) is 0 Å². The quantitative estimate of drug-likeness (QED) is 0.712. The molecule has 0 unspecified atom stereocenters. The molecule has 2 aromatic rings. The van der Waals surface area contributed by atoms with Crippen LogP contribution in [0.2, 0.25) is 0 Å². The first-order valence-electron chi connectivity index (χ1n) is 10.3. The van der Waals surface area contributed by atoms with Gasteiger partial charge in [-0.05, 0) is 51.3 Å². The zero-order chi connectivity index (χ0) is 21.2. The number of carbonyl (C=O) groups is 1. The molecule has 5 rings (SSSR count). The number of fused-ring (bicyclic) bond motifs is 2. The molecule has 1 aromatic heterocycles. The highest BCUT2D eigenvalue weighted by Gasteiger charge is 2.40. The Morgan fingerprint density at radius 1 is 1.23 bits per heavy atom. The summed E-state index contributed by atoms with van der Waals surface area (Å²) in [4.78, 5) is 27.6. The standard InChI is InChI=1S/C21H23F2N3O4.ClH/c1-24-6-2-3-11-8-25(9-15(11)24)19-14(22)7-13-18(17(19)23)26(12-4-5-12)10-16(20(13)27)30-21(28)29;/h7,10-12,15H,2-6,8-9H2,1H3,(H,28,29);1H/t11-,15+;/m0./s1. The van der Waals surface area contributed by atoms with Crippen LogP contribution in [0, 0.1) is 17.6 Å². The van der Waals surface area contributed by atoms with Gasteiger partial charge in [-0.25, -0.2) is 13.6 Å². The number of likely N-dealkylation sites (N-methyl/N-ethyl adjacent to an activating group) is 1. The molecule has 1 aromatic carbocycles. The number of pyridine rings is 1. The molecule has 10 heteroatoms. The molecular weight excluding hydrogens is 432 g/mol. The van der Waals surface area contributed by atoms with Gasteiger partial charge in [0.1, 0.15) is 11.5 Å². The third-order valence-electron chi connectivity index (χ3n) is 6.66. The Morgan fingerprint density at radius 2 is 1.97 bits per heavy atom. The summed E-state index contributed by atoms with van der Waals surface area (Å²) in [5.41, 5.74) is -0.922. The van der Waals surface area contributed by atoms with Gasteiger partial charge in [0.05, 0.1) is 17.1 Å². The van der Waals surface area contributed by atoms with Crippen molar-refractivity contribution in [3.63, 3.8) is 0 Å². The smallest absolute Gasteiger partial charge is 0.449 e. The van der Waals surface area contributed by atoms with Gasteiger partial charge in [-0.15, -0.1) is 12.4 Å². The molecule has 31 heavy (non-hydrogen) atoms. The van der Waals surface area contributed by atoms with E-state index in [1.54, 1.807) is 4.90 Å². The van der Waals surface area contributed by atoms with Crippen molar-refractivity contribution in [1.29, 1.82) is 0 Å². The van der Waals surface area contributed by atoms with Gasteiger partial charge >= 0.3 is 6.16 Å². The van der Waals surface area contributed by atoms with Crippen molar-refractivity contribution >= 4 is 35.2 Å². The fourth-order valence-electron chi connectivity index (χ4n) is 5.09. The van der Waals surface area contributed by atoms with Crippen molar-refractivity contribution in [2.24, 2.45) is 5.92 Å². The number of benzene rings is 1. The van der Waals surface area contributed by atoms with Gasteiger partial charge in [0.25, 0.3) is 0 Å². The summed E-state index contributed by atoms with van der Waals surface area (Å²) >= 11 is 0. The SMILES string of the molecule is CN1CCC[C@H]2CN(c3c(F)cc4c(=O)c(OC(=O)O)cn(C5CC5)c4c3F)C[C@H]21.Cl. The van der Waals surface area contributed by atoms with E-state index in [0.29, 0.717) is 19.0 Å². The second kappa shape index (κ2) is 7.94. The summed E-state index contributed by atoms with van der Waals surface area (Å²) in [6.45, 7) is 2.09. The number of aromatic nitrogens is 1. The summed E-state index contributed by atoms with van der Waals surface area (Å²) in [6.07, 6.45) is 3.24. The first-order valence-corrected chi connectivity index (χ1v) is 10.3. The number of ether oxygens (including phenoxy) is 1. The minimum atomic E-state index is -1.64. The number of anilines is 1. The highest BCUT2D eigenvalue weighted by Crippen LogP contribution is 2.41. The number of nitrogens with zero attached hydrogens (tertiary/aromatic N) is 3. The summed E-state index contributed by atoms with van der Waals surface area (Å²) < 4.78 is 37.0. The van der Waals surface area contributed by atoms with Crippen LogP contribution in [0.1, 0.15) is 31.7 Å². The maximum atomic E-state index is 15.8. The minimum absolute atomic E-state index is 0. The maximum Gasteiger partial charge on any atom is 0.511 e. The summed E-state index contributed by atoms with van der Waals surface area (Å²) in [5.74, 6) is -1.66. The maximum absolute atomic E-state index is 15.8. The van der Waals surface area contributed by atoms with Crippen LogP contribution in [0.25, 0.3) is 10.9 Å². The van der Waals surface area contributed by atoms with Crippen molar-refractivity contribution in [3.8, 4) is 5.75 Å². The van der Waals surface area contributed by atoms with Crippen LogP contribution in [0.15, 0.2) is 17.1 Å². The monoisotopic (exact) mass is 455 g/mol. The topological polar surface area (TPSA) is 75.0 Å². The Bertz CT molecular complexity index is 1100. The molecule has 1 saturated carbocycles. The van der Waals surface area contributed by atoms with Crippen LogP contribution in [-0.4, -0.2) is 53.5 Å². The molecule has 168 valence electrons. The number of rotatable bonds is 3. The third kappa shape index (κ3) is 3.63. The second-order valence-corrected chi connectivity index (χ2v) is 8.60. The van der Waals surface area contributed by atoms with Crippen LogP contribution < -0.4 is 15.1 Å². The fraction of sp³-hybridized carbons (Fsp3) is 0.524. The molecule has 2 saturated heterocycles. The van der Waals surface area contributed by atoms with E-state index in [9.17, 15) is 9.59 Å². The van der Waals surface area contributed by atoms with E-state index in [1.807, 2.05) is 7.05 Å². The number of hydrogen-bond acceptors (Lipinski definition) is 5. The van der Waals surface area contributed by atoms with E-state index in [-0.39, 0.29) is 41.1 Å². The molecule has 0 bridgehead atoms. The highest BCUT2D eigenvalue weighted by atomic mass is 35.5.